The summed E-state index contributed by atoms with van der Waals surface area (Å²) >= 11 is 5.80. The number of hydrogen-bond acceptors (Lipinski definition) is 4. The number of halogens is 1. The van der Waals surface area contributed by atoms with Crippen LogP contribution in [0.15, 0.2) is 18.2 Å². The normalized spacial score (nSPS) is 11.9. The van der Waals surface area contributed by atoms with Crippen molar-refractivity contribution in [1.29, 1.82) is 0 Å². The van der Waals surface area contributed by atoms with Gasteiger partial charge in [0, 0.05) is 6.07 Å². The number of ether oxygens (including phenoxy) is 1. The Balaban J connectivity index is 3.08. The van der Waals surface area contributed by atoms with Gasteiger partial charge in [0.2, 0.25) is 5.75 Å². The van der Waals surface area contributed by atoms with Gasteiger partial charge in [0.05, 0.1) is 9.95 Å². The van der Waals surface area contributed by atoms with E-state index in [1.54, 1.807) is 6.92 Å². The molecule has 0 saturated carbocycles. The Labute approximate surface area is 108 Å². The fourth-order valence-corrected chi connectivity index (χ4v) is 1.61. The summed E-state index contributed by atoms with van der Waals surface area (Å²) in [7, 11) is 0. The van der Waals surface area contributed by atoms with Gasteiger partial charge in [0.25, 0.3) is 0 Å². The molecule has 1 aromatic rings. The molecule has 1 rings (SSSR count). The maximum absolute atomic E-state index is 10.9. The van der Waals surface area contributed by atoms with Crippen LogP contribution in [0.2, 0.25) is 5.02 Å². The Morgan fingerprint density at radius 2 is 2.28 bits per heavy atom. The number of nitro benzene ring substituents is 1. The molecule has 0 heterocycles. The summed E-state index contributed by atoms with van der Waals surface area (Å²) in [6.07, 6.45) is -0.318. The number of rotatable bonds is 6. The minimum Gasteiger partial charge on any atom is -0.479 e. The topological polar surface area (TPSA) is 89.7 Å². The standard InChI is InChI=1S/C11H12ClNO5/c1-2-4-9(11(14)15)18-10-7(12)5-3-6-8(10)13(16)17/h3,5-6,9H,2,4H2,1H3,(H,14,15). The lowest BCUT2D eigenvalue weighted by atomic mass is 10.2. The molecule has 7 heteroatoms. The average Bonchev–Trinajstić information content (AvgIpc) is 2.30. The zero-order chi connectivity index (χ0) is 13.7. The highest BCUT2D eigenvalue weighted by molar-refractivity contribution is 6.32. The van der Waals surface area contributed by atoms with E-state index in [4.69, 9.17) is 21.4 Å². The average molecular weight is 274 g/mol. The van der Waals surface area contributed by atoms with Crippen molar-refractivity contribution in [1.82, 2.24) is 0 Å². The molecule has 0 bridgehead atoms. The van der Waals surface area contributed by atoms with Gasteiger partial charge < -0.3 is 9.84 Å². The van der Waals surface area contributed by atoms with Crippen molar-refractivity contribution in [2.45, 2.75) is 25.9 Å². The van der Waals surface area contributed by atoms with E-state index in [0.29, 0.717) is 6.42 Å². The second kappa shape index (κ2) is 6.20. The minimum atomic E-state index is -1.17. The Hall–Kier alpha value is -1.82. The van der Waals surface area contributed by atoms with Crippen LogP contribution >= 0.6 is 11.6 Å². The van der Waals surface area contributed by atoms with Crippen molar-refractivity contribution in [3.63, 3.8) is 0 Å². The summed E-state index contributed by atoms with van der Waals surface area (Å²) in [6, 6.07) is 4.03. The van der Waals surface area contributed by atoms with Crippen LogP contribution in [-0.4, -0.2) is 22.1 Å². The van der Waals surface area contributed by atoms with Crippen LogP contribution in [0.4, 0.5) is 5.69 Å². The van der Waals surface area contributed by atoms with Crippen molar-refractivity contribution in [3.05, 3.63) is 33.3 Å². The summed E-state index contributed by atoms with van der Waals surface area (Å²) in [5, 5.41) is 19.8. The molecule has 0 aromatic heterocycles. The highest BCUT2D eigenvalue weighted by Crippen LogP contribution is 2.35. The Morgan fingerprint density at radius 1 is 1.61 bits per heavy atom. The first-order valence-electron chi connectivity index (χ1n) is 5.29. The van der Waals surface area contributed by atoms with Crippen LogP contribution in [0.1, 0.15) is 19.8 Å². The maximum atomic E-state index is 10.9. The van der Waals surface area contributed by atoms with E-state index < -0.39 is 17.0 Å². The Morgan fingerprint density at radius 3 is 2.78 bits per heavy atom. The summed E-state index contributed by atoms with van der Waals surface area (Å²) < 4.78 is 5.17. The first-order valence-corrected chi connectivity index (χ1v) is 5.67. The van der Waals surface area contributed by atoms with Crippen LogP contribution in [0.3, 0.4) is 0 Å². The summed E-state index contributed by atoms with van der Waals surface area (Å²) in [5.41, 5.74) is -0.343. The predicted molar refractivity (Wildman–Crippen MR) is 65.1 cm³/mol. The molecule has 0 spiro atoms. The quantitative estimate of drug-likeness (QED) is 0.636. The van der Waals surface area contributed by atoms with Crippen molar-refractivity contribution in [2.75, 3.05) is 0 Å². The van der Waals surface area contributed by atoms with Gasteiger partial charge in [-0.15, -0.1) is 0 Å². The molecule has 6 nitrogen and oxygen atoms in total. The molecule has 0 amide bonds. The van der Waals surface area contributed by atoms with Gasteiger partial charge in [-0.05, 0) is 12.5 Å². The summed E-state index contributed by atoms with van der Waals surface area (Å²) in [6.45, 7) is 1.79. The lowest BCUT2D eigenvalue weighted by molar-refractivity contribution is -0.386. The molecule has 1 atom stereocenters. The van der Waals surface area contributed by atoms with Gasteiger partial charge in [-0.3, -0.25) is 10.1 Å². The lowest BCUT2D eigenvalue weighted by Gasteiger charge is -2.15. The molecule has 1 unspecified atom stereocenters. The molecule has 98 valence electrons. The van der Waals surface area contributed by atoms with E-state index in [-0.39, 0.29) is 22.9 Å². The Bertz CT molecular complexity index is 463. The van der Waals surface area contributed by atoms with E-state index in [0.717, 1.165) is 0 Å². The maximum Gasteiger partial charge on any atom is 0.344 e. The number of carboxylic acids is 1. The van der Waals surface area contributed by atoms with E-state index in [1.807, 2.05) is 0 Å². The van der Waals surface area contributed by atoms with Crippen molar-refractivity contribution in [3.8, 4) is 5.75 Å². The first-order chi connectivity index (χ1) is 8.47. The van der Waals surface area contributed by atoms with E-state index in [2.05, 4.69) is 0 Å². The van der Waals surface area contributed by atoms with Crippen LogP contribution < -0.4 is 4.74 Å². The molecule has 1 N–H and O–H groups in total. The second-order valence-corrected chi connectivity index (χ2v) is 3.99. The number of carboxylic acid groups (broad SMARTS) is 1. The number of hydrogen-bond donors (Lipinski definition) is 1. The molecule has 0 aliphatic rings. The number of nitro groups is 1. The molecule has 18 heavy (non-hydrogen) atoms. The van der Waals surface area contributed by atoms with Crippen LogP contribution in [0, 0.1) is 10.1 Å². The highest BCUT2D eigenvalue weighted by Gasteiger charge is 2.25. The first kappa shape index (κ1) is 14.2. The molecule has 0 aliphatic carbocycles. The van der Waals surface area contributed by atoms with E-state index in [1.165, 1.54) is 18.2 Å². The smallest absolute Gasteiger partial charge is 0.344 e. The zero-order valence-electron chi connectivity index (χ0n) is 9.63. The number of aliphatic carboxylic acids is 1. The van der Waals surface area contributed by atoms with E-state index >= 15 is 0 Å². The molecule has 0 fully saturated rings. The number of carbonyl (C=O) groups is 1. The second-order valence-electron chi connectivity index (χ2n) is 3.58. The lowest BCUT2D eigenvalue weighted by Crippen LogP contribution is -2.27. The number of para-hydroxylation sites is 1. The summed E-state index contributed by atoms with van der Waals surface area (Å²) in [5.74, 6) is -1.38. The van der Waals surface area contributed by atoms with Gasteiger partial charge in [0.1, 0.15) is 0 Å². The number of nitrogens with zero attached hydrogens (tertiary/aromatic N) is 1. The monoisotopic (exact) mass is 273 g/mol. The third kappa shape index (κ3) is 3.33. The molecular formula is C11H12ClNO5. The molecule has 1 aromatic carbocycles. The summed E-state index contributed by atoms with van der Waals surface area (Å²) in [4.78, 5) is 21.1. The largest absolute Gasteiger partial charge is 0.479 e. The van der Waals surface area contributed by atoms with Gasteiger partial charge in [-0.2, -0.15) is 0 Å². The Kier molecular flexibility index (Phi) is 4.91. The molecule has 0 saturated heterocycles. The van der Waals surface area contributed by atoms with Crippen molar-refractivity contribution in [2.24, 2.45) is 0 Å². The van der Waals surface area contributed by atoms with Gasteiger partial charge in [0.15, 0.2) is 6.10 Å². The van der Waals surface area contributed by atoms with Crippen LogP contribution in [0.5, 0.6) is 5.75 Å². The van der Waals surface area contributed by atoms with Crippen molar-refractivity contribution >= 4 is 23.3 Å². The molecular weight excluding hydrogens is 262 g/mol. The third-order valence-electron chi connectivity index (χ3n) is 2.23. The predicted octanol–water partition coefficient (Wildman–Crippen LogP) is 2.88. The van der Waals surface area contributed by atoms with Gasteiger partial charge in [-0.25, -0.2) is 4.79 Å². The fraction of sp³-hybridized carbons (Fsp3) is 0.364. The zero-order valence-corrected chi connectivity index (χ0v) is 10.4. The molecule has 0 radical (unpaired) electrons. The van der Waals surface area contributed by atoms with Gasteiger partial charge >= 0.3 is 11.7 Å². The van der Waals surface area contributed by atoms with E-state index in [9.17, 15) is 14.9 Å². The minimum absolute atomic E-state index is 0.0200. The fourth-order valence-electron chi connectivity index (χ4n) is 1.40. The van der Waals surface area contributed by atoms with Gasteiger partial charge in [-0.1, -0.05) is 31.0 Å². The SMILES string of the molecule is CCCC(Oc1c(Cl)cccc1[N+](=O)[O-])C(=O)O. The number of benzene rings is 1. The van der Waals surface area contributed by atoms with Crippen LogP contribution in [-0.2, 0) is 4.79 Å². The highest BCUT2D eigenvalue weighted by atomic mass is 35.5. The third-order valence-corrected chi connectivity index (χ3v) is 2.53. The molecule has 0 aliphatic heterocycles. The van der Waals surface area contributed by atoms with Crippen LogP contribution in [0.25, 0.3) is 0 Å². The van der Waals surface area contributed by atoms with Crippen molar-refractivity contribution < 1.29 is 19.6 Å².